The lowest BCUT2D eigenvalue weighted by Gasteiger charge is -2.60. The Balaban J connectivity index is 1.03. The second-order valence-corrected chi connectivity index (χ2v) is 16.2. The SMILES string of the molecule is CC1(C)C2CC[C@H]3C4C[C@@H](O)[C@H](CCCCO)[C@@]4(C)CC[C@]34C[C@]24CC[C@@H]1OC1CN(C(=O)CC2CC2)CCO1. The van der Waals surface area contributed by atoms with Crippen molar-refractivity contribution in [2.45, 2.75) is 129 Å². The van der Waals surface area contributed by atoms with Crippen molar-refractivity contribution in [2.75, 3.05) is 26.3 Å². The van der Waals surface area contributed by atoms with E-state index in [1.807, 2.05) is 4.90 Å². The van der Waals surface area contributed by atoms with Crippen molar-refractivity contribution < 1.29 is 24.5 Å². The lowest BCUT2D eigenvalue weighted by molar-refractivity contribution is -0.244. The molecule has 226 valence electrons. The predicted molar refractivity (Wildman–Crippen MR) is 153 cm³/mol. The molecule has 0 aromatic heterocycles. The van der Waals surface area contributed by atoms with Crippen molar-refractivity contribution in [1.29, 1.82) is 0 Å². The van der Waals surface area contributed by atoms with Gasteiger partial charge in [0.2, 0.25) is 5.91 Å². The van der Waals surface area contributed by atoms with E-state index in [-0.39, 0.29) is 41.8 Å². The molecule has 1 aliphatic heterocycles. The molecule has 1 saturated heterocycles. The molecule has 0 aromatic carbocycles. The number of carbonyl (C=O) groups excluding carboxylic acids is 1. The highest BCUT2D eigenvalue weighted by atomic mass is 16.7. The van der Waals surface area contributed by atoms with Crippen LogP contribution in [0, 0.1) is 51.2 Å². The summed E-state index contributed by atoms with van der Waals surface area (Å²) in [6, 6.07) is 0. The average Bonchev–Trinajstić information content (AvgIpc) is 3.83. The molecule has 7 fully saturated rings. The maximum absolute atomic E-state index is 12.8. The number of amides is 1. The van der Waals surface area contributed by atoms with Crippen molar-refractivity contribution in [2.24, 2.45) is 51.2 Å². The fraction of sp³-hybridized carbons (Fsp3) is 0.971. The molecule has 7 rings (SSSR count). The van der Waals surface area contributed by atoms with E-state index in [4.69, 9.17) is 9.47 Å². The maximum Gasteiger partial charge on any atom is 0.223 e. The van der Waals surface area contributed by atoms with Gasteiger partial charge in [0.25, 0.3) is 0 Å². The molecule has 0 bridgehead atoms. The van der Waals surface area contributed by atoms with E-state index < -0.39 is 0 Å². The van der Waals surface area contributed by atoms with E-state index in [1.165, 1.54) is 51.4 Å². The van der Waals surface area contributed by atoms with Crippen LogP contribution in [-0.2, 0) is 14.3 Å². The number of nitrogens with zero attached hydrogens (tertiary/aromatic N) is 1. The Kier molecular flexibility index (Phi) is 6.97. The number of aliphatic hydroxyl groups excluding tert-OH is 2. The fourth-order valence-electron chi connectivity index (χ4n) is 12.0. The number of ether oxygens (including phenoxy) is 2. The van der Waals surface area contributed by atoms with Crippen molar-refractivity contribution in [3.8, 4) is 0 Å². The number of fused-ring (bicyclic) bond motifs is 2. The Morgan fingerprint density at radius 3 is 2.60 bits per heavy atom. The van der Waals surface area contributed by atoms with Crippen LogP contribution < -0.4 is 0 Å². The standard InChI is InChI=1S/C34H55NO5/c1-31(2)27-10-9-23-25-19-26(37)24(6-4-5-16-36)32(25,3)13-14-33(23)21-34(27,33)12-11-28(31)40-30-20-35(15-17-39-30)29(38)18-22-7-8-22/h22-28,30,36-37H,4-21H2,1-3H3/t23-,24-,25?,26+,27?,28-,30?,32+,33-,34+/m0/s1. The van der Waals surface area contributed by atoms with Crippen molar-refractivity contribution in [3.63, 3.8) is 0 Å². The quantitative estimate of drug-likeness (QED) is 0.383. The molecular formula is C34H55NO5. The Bertz CT molecular complexity index is 981. The van der Waals surface area contributed by atoms with Gasteiger partial charge in [-0.25, -0.2) is 0 Å². The molecule has 1 heterocycles. The Hall–Kier alpha value is -0.690. The van der Waals surface area contributed by atoms with Gasteiger partial charge in [0.05, 0.1) is 25.4 Å². The second kappa shape index (κ2) is 9.92. The third kappa shape index (κ3) is 4.19. The van der Waals surface area contributed by atoms with Gasteiger partial charge >= 0.3 is 0 Å². The first kappa shape index (κ1) is 28.1. The van der Waals surface area contributed by atoms with Crippen LogP contribution in [0.15, 0.2) is 0 Å². The van der Waals surface area contributed by atoms with Crippen LogP contribution in [0.3, 0.4) is 0 Å². The lowest BCUT2D eigenvalue weighted by Crippen LogP contribution is -2.56. The van der Waals surface area contributed by atoms with Gasteiger partial charge in [-0.3, -0.25) is 4.79 Å². The van der Waals surface area contributed by atoms with Gasteiger partial charge in [0, 0.05) is 19.6 Å². The van der Waals surface area contributed by atoms with E-state index in [0.29, 0.717) is 60.6 Å². The number of aliphatic hydroxyl groups is 2. The third-order valence-electron chi connectivity index (χ3n) is 14.3. The van der Waals surface area contributed by atoms with Crippen molar-refractivity contribution in [1.82, 2.24) is 4.90 Å². The Morgan fingerprint density at radius 2 is 1.82 bits per heavy atom. The molecule has 1 amide bonds. The molecule has 6 nitrogen and oxygen atoms in total. The summed E-state index contributed by atoms with van der Waals surface area (Å²) in [7, 11) is 0. The van der Waals surface area contributed by atoms with Gasteiger partial charge in [-0.15, -0.1) is 0 Å². The first-order chi connectivity index (χ1) is 19.1. The number of rotatable bonds is 8. The molecule has 3 unspecified atom stereocenters. The average molecular weight is 558 g/mol. The predicted octanol–water partition coefficient (Wildman–Crippen LogP) is 5.54. The zero-order valence-electron chi connectivity index (χ0n) is 25.4. The third-order valence-corrected chi connectivity index (χ3v) is 14.3. The van der Waals surface area contributed by atoms with E-state index in [1.54, 1.807) is 0 Å². The number of morpholine rings is 1. The summed E-state index contributed by atoms with van der Waals surface area (Å²) in [5.74, 6) is 3.41. The van der Waals surface area contributed by atoms with Gasteiger partial charge in [0.15, 0.2) is 6.29 Å². The summed E-state index contributed by atoms with van der Waals surface area (Å²) in [5, 5.41) is 20.6. The maximum atomic E-state index is 12.8. The zero-order chi connectivity index (χ0) is 27.9. The van der Waals surface area contributed by atoms with Crippen LogP contribution in [0.5, 0.6) is 0 Å². The van der Waals surface area contributed by atoms with E-state index in [2.05, 4.69) is 20.8 Å². The Morgan fingerprint density at radius 1 is 1.00 bits per heavy atom. The largest absolute Gasteiger partial charge is 0.396 e. The van der Waals surface area contributed by atoms with Gasteiger partial charge in [-0.1, -0.05) is 27.2 Å². The summed E-state index contributed by atoms with van der Waals surface area (Å²) in [5.41, 5.74) is 1.30. The minimum absolute atomic E-state index is 0.0964. The molecule has 6 heteroatoms. The number of hydrogen-bond donors (Lipinski definition) is 2. The van der Waals surface area contributed by atoms with Crippen LogP contribution in [0.2, 0.25) is 0 Å². The summed E-state index contributed by atoms with van der Waals surface area (Å²) in [6.07, 6.45) is 15.8. The molecule has 10 atom stereocenters. The Labute approximate surface area is 241 Å². The molecule has 2 spiro atoms. The van der Waals surface area contributed by atoms with Crippen LogP contribution in [0.4, 0.5) is 0 Å². The molecule has 7 aliphatic rings. The van der Waals surface area contributed by atoms with Crippen LogP contribution in [0.1, 0.15) is 111 Å². The molecule has 40 heavy (non-hydrogen) atoms. The van der Waals surface area contributed by atoms with Crippen LogP contribution in [0.25, 0.3) is 0 Å². The first-order valence-electron chi connectivity index (χ1n) is 17.0. The highest BCUT2D eigenvalue weighted by Crippen LogP contribution is 2.87. The summed E-state index contributed by atoms with van der Waals surface area (Å²) in [4.78, 5) is 14.8. The normalized spacial score (nSPS) is 49.0. The van der Waals surface area contributed by atoms with Crippen molar-refractivity contribution >= 4 is 5.91 Å². The van der Waals surface area contributed by atoms with Crippen LogP contribution >= 0.6 is 0 Å². The molecule has 6 saturated carbocycles. The molecular weight excluding hydrogens is 502 g/mol. The zero-order valence-corrected chi connectivity index (χ0v) is 25.4. The lowest BCUT2D eigenvalue weighted by atomic mass is 9.46. The van der Waals surface area contributed by atoms with Crippen LogP contribution in [-0.4, -0.2) is 65.8 Å². The van der Waals surface area contributed by atoms with E-state index in [0.717, 1.165) is 38.0 Å². The minimum atomic E-state index is -0.294. The summed E-state index contributed by atoms with van der Waals surface area (Å²) in [6.45, 7) is 9.59. The fourth-order valence-corrected chi connectivity index (χ4v) is 12.0. The molecule has 2 N–H and O–H groups in total. The number of hydrogen-bond acceptors (Lipinski definition) is 5. The van der Waals surface area contributed by atoms with Gasteiger partial charge in [0.1, 0.15) is 0 Å². The van der Waals surface area contributed by atoms with Gasteiger partial charge in [-0.2, -0.15) is 0 Å². The smallest absolute Gasteiger partial charge is 0.223 e. The number of carbonyl (C=O) groups is 1. The monoisotopic (exact) mass is 557 g/mol. The highest BCUT2D eigenvalue weighted by Gasteiger charge is 2.80. The highest BCUT2D eigenvalue weighted by molar-refractivity contribution is 5.76. The van der Waals surface area contributed by atoms with Crippen molar-refractivity contribution in [3.05, 3.63) is 0 Å². The minimum Gasteiger partial charge on any atom is -0.396 e. The topological polar surface area (TPSA) is 79.2 Å². The first-order valence-corrected chi connectivity index (χ1v) is 17.0. The van der Waals surface area contributed by atoms with E-state index >= 15 is 0 Å². The summed E-state index contributed by atoms with van der Waals surface area (Å²) < 4.78 is 12.9. The van der Waals surface area contributed by atoms with E-state index in [9.17, 15) is 15.0 Å². The van der Waals surface area contributed by atoms with Gasteiger partial charge < -0.3 is 24.6 Å². The number of unbranched alkanes of at least 4 members (excludes halogenated alkanes) is 1. The second-order valence-electron chi connectivity index (χ2n) is 16.2. The molecule has 0 aromatic rings. The summed E-state index contributed by atoms with van der Waals surface area (Å²) >= 11 is 0. The van der Waals surface area contributed by atoms with Gasteiger partial charge in [-0.05, 0) is 128 Å². The molecule has 0 radical (unpaired) electrons. The molecule has 6 aliphatic carbocycles.